The lowest BCUT2D eigenvalue weighted by Gasteiger charge is -2.11. The van der Waals surface area contributed by atoms with E-state index in [-0.39, 0.29) is 5.15 Å². The summed E-state index contributed by atoms with van der Waals surface area (Å²) in [4.78, 5) is 12.9. The highest BCUT2D eigenvalue weighted by Crippen LogP contribution is 2.39. The fraction of sp³-hybridized carbons (Fsp3) is 0.0625. The Morgan fingerprint density at radius 2 is 1.64 bits per heavy atom. The first-order chi connectivity index (χ1) is 10.6. The highest BCUT2D eigenvalue weighted by molar-refractivity contribution is 6.30. The van der Waals surface area contributed by atoms with Crippen molar-refractivity contribution < 1.29 is 8.78 Å². The number of benzene rings is 2. The van der Waals surface area contributed by atoms with E-state index in [1.54, 1.807) is 6.21 Å². The van der Waals surface area contributed by atoms with Gasteiger partial charge in [-0.05, 0) is 23.8 Å². The predicted octanol–water partition coefficient (Wildman–Crippen LogP) is 4.41. The van der Waals surface area contributed by atoms with E-state index in [9.17, 15) is 8.78 Å². The number of fused-ring (bicyclic) bond motifs is 2. The van der Waals surface area contributed by atoms with Crippen molar-refractivity contribution >= 4 is 34.5 Å². The fourth-order valence-electron chi connectivity index (χ4n) is 2.56. The van der Waals surface area contributed by atoms with Crippen LogP contribution in [0, 0.1) is 11.6 Å². The van der Waals surface area contributed by atoms with Crippen LogP contribution in [0.3, 0.4) is 0 Å². The molecule has 0 spiro atoms. The molecule has 3 aromatic rings. The number of rotatable bonds is 1. The summed E-state index contributed by atoms with van der Waals surface area (Å²) < 4.78 is 26.8. The second kappa shape index (κ2) is 4.81. The largest absolute Gasteiger partial charge is 0.260 e. The topological polar surface area (TPSA) is 38.1 Å². The maximum absolute atomic E-state index is 13.5. The van der Waals surface area contributed by atoms with E-state index in [4.69, 9.17) is 11.6 Å². The zero-order valence-electron chi connectivity index (χ0n) is 11.1. The molecule has 4 rings (SSSR count). The smallest absolute Gasteiger partial charge is 0.160 e. The summed E-state index contributed by atoms with van der Waals surface area (Å²) >= 11 is 6.22. The first-order valence-electron chi connectivity index (χ1n) is 6.59. The first kappa shape index (κ1) is 13.3. The average Bonchev–Trinajstić information content (AvgIpc) is 2.89. The Morgan fingerprint density at radius 1 is 0.955 bits per heavy atom. The van der Waals surface area contributed by atoms with Crippen molar-refractivity contribution in [1.82, 2.24) is 9.97 Å². The summed E-state index contributed by atoms with van der Waals surface area (Å²) in [6.45, 7) is 0. The number of para-hydroxylation sites is 2. The number of hydrogen-bond donors (Lipinski definition) is 0. The fourth-order valence-corrected chi connectivity index (χ4v) is 2.81. The first-order valence-corrected chi connectivity index (χ1v) is 6.96. The van der Waals surface area contributed by atoms with Gasteiger partial charge in [-0.2, -0.15) is 0 Å². The van der Waals surface area contributed by atoms with E-state index in [2.05, 4.69) is 15.0 Å². The van der Waals surface area contributed by atoms with Gasteiger partial charge in [0.1, 0.15) is 0 Å². The molecule has 3 nitrogen and oxygen atoms in total. The Balaban J connectivity index is 1.90. The third kappa shape index (κ3) is 1.97. The third-order valence-electron chi connectivity index (χ3n) is 3.61. The van der Waals surface area contributed by atoms with Crippen LogP contribution in [0.25, 0.3) is 11.0 Å². The number of aliphatic imine (C=N–C) groups is 1. The van der Waals surface area contributed by atoms with Gasteiger partial charge in [0.2, 0.25) is 0 Å². The van der Waals surface area contributed by atoms with E-state index in [1.165, 1.54) is 0 Å². The standard InChI is InChI=1S/C16H8ClF2N3/c17-16-15(21-12-3-1-2-4-13(12)22-16)9-7-20-14-6-11(19)10(18)5-8(9)14/h1-7,9H. The van der Waals surface area contributed by atoms with Crippen LogP contribution >= 0.6 is 11.6 Å². The maximum Gasteiger partial charge on any atom is 0.160 e. The lowest BCUT2D eigenvalue weighted by Crippen LogP contribution is -2.05. The minimum absolute atomic E-state index is 0.229. The second-order valence-corrected chi connectivity index (χ2v) is 5.33. The molecule has 0 saturated carbocycles. The van der Waals surface area contributed by atoms with Crippen molar-refractivity contribution in [3.05, 3.63) is 64.4 Å². The second-order valence-electron chi connectivity index (χ2n) is 4.97. The quantitative estimate of drug-likeness (QED) is 0.667. The molecule has 2 heterocycles. The monoisotopic (exact) mass is 315 g/mol. The van der Waals surface area contributed by atoms with Gasteiger partial charge in [-0.25, -0.2) is 18.7 Å². The van der Waals surface area contributed by atoms with Gasteiger partial charge in [-0.3, -0.25) is 4.99 Å². The molecule has 0 amide bonds. The van der Waals surface area contributed by atoms with Gasteiger partial charge < -0.3 is 0 Å². The molecular weight excluding hydrogens is 308 g/mol. The molecule has 108 valence electrons. The number of nitrogens with zero attached hydrogens (tertiary/aromatic N) is 3. The number of aromatic nitrogens is 2. The molecule has 0 bridgehead atoms. The molecule has 1 atom stereocenters. The number of hydrogen-bond acceptors (Lipinski definition) is 3. The minimum atomic E-state index is -0.924. The predicted molar refractivity (Wildman–Crippen MR) is 80.9 cm³/mol. The Kier molecular flexibility index (Phi) is 2.90. The van der Waals surface area contributed by atoms with Crippen LogP contribution in [0.1, 0.15) is 17.2 Å². The molecule has 1 aliphatic rings. The van der Waals surface area contributed by atoms with Crippen molar-refractivity contribution in [2.24, 2.45) is 4.99 Å². The van der Waals surface area contributed by atoms with Gasteiger partial charge in [0.15, 0.2) is 16.8 Å². The van der Waals surface area contributed by atoms with Gasteiger partial charge in [0.05, 0.1) is 28.3 Å². The zero-order valence-corrected chi connectivity index (χ0v) is 11.9. The molecular formula is C16H8ClF2N3. The lowest BCUT2D eigenvalue weighted by molar-refractivity contribution is 0.508. The van der Waals surface area contributed by atoms with Crippen molar-refractivity contribution in [1.29, 1.82) is 0 Å². The van der Waals surface area contributed by atoms with Crippen LogP contribution in [0.2, 0.25) is 5.15 Å². The summed E-state index contributed by atoms with van der Waals surface area (Å²) in [5.41, 5.74) is 2.76. The van der Waals surface area contributed by atoms with Gasteiger partial charge in [-0.1, -0.05) is 23.7 Å². The summed E-state index contributed by atoms with van der Waals surface area (Å²) in [6.07, 6.45) is 1.58. The molecule has 1 unspecified atom stereocenters. The summed E-state index contributed by atoms with van der Waals surface area (Å²) in [6, 6.07) is 9.53. The van der Waals surface area contributed by atoms with Crippen LogP contribution in [0.5, 0.6) is 0 Å². The molecule has 0 radical (unpaired) electrons. The SMILES string of the molecule is Fc1cc2c(cc1F)C(c1nc3ccccc3nc1Cl)C=N2. The highest BCUT2D eigenvalue weighted by atomic mass is 35.5. The van der Waals surface area contributed by atoms with Crippen molar-refractivity contribution in [2.75, 3.05) is 0 Å². The maximum atomic E-state index is 13.5. The molecule has 1 aliphatic heterocycles. The van der Waals surface area contributed by atoms with Gasteiger partial charge in [0.25, 0.3) is 0 Å². The molecule has 0 fully saturated rings. The number of halogens is 3. The molecule has 22 heavy (non-hydrogen) atoms. The Bertz CT molecular complexity index is 940. The zero-order chi connectivity index (χ0) is 15.3. The molecule has 6 heteroatoms. The summed E-state index contributed by atoms with van der Waals surface area (Å²) in [5.74, 6) is -2.28. The van der Waals surface area contributed by atoms with Gasteiger partial charge >= 0.3 is 0 Å². The van der Waals surface area contributed by atoms with E-state index in [0.717, 1.165) is 12.1 Å². The van der Waals surface area contributed by atoms with Crippen molar-refractivity contribution in [2.45, 2.75) is 5.92 Å². The van der Waals surface area contributed by atoms with Crippen LogP contribution in [0.15, 0.2) is 41.4 Å². The van der Waals surface area contributed by atoms with E-state index in [1.807, 2.05) is 24.3 Å². The van der Waals surface area contributed by atoms with E-state index >= 15 is 0 Å². The van der Waals surface area contributed by atoms with Crippen LogP contribution < -0.4 is 0 Å². The van der Waals surface area contributed by atoms with E-state index in [0.29, 0.717) is 28.0 Å². The summed E-state index contributed by atoms with van der Waals surface area (Å²) in [7, 11) is 0. The molecule has 1 aromatic heterocycles. The van der Waals surface area contributed by atoms with Crippen LogP contribution in [-0.2, 0) is 0 Å². The Morgan fingerprint density at radius 3 is 2.41 bits per heavy atom. The Hall–Kier alpha value is -2.40. The molecule has 0 N–H and O–H groups in total. The normalized spacial score (nSPS) is 16.2. The molecule has 0 saturated heterocycles. The van der Waals surface area contributed by atoms with Crippen molar-refractivity contribution in [3.63, 3.8) is 0 Å². The summed E-state index contributed by atoms with van der Waals surface area (Å²) in [5, 5.41) is 0.229. The average molecular weight is 316 g/mol. The van der Waals surface area contributed by atoms with Crippen molar-refractivity contribution in [3.8, 4) is 0 Å². The lowest BCUT2D eigenvalue weighted by atomic mass is 9.97. The third-order valence-corrected chi connectivity index (χ3v) is 3.89. The highest BCUT2D eigenvalue weighted by Gasteiger charge is 2.27. The Labute approximate surface area is 129 Å². The molecule has 2 aromatic carbocycles. The molecule has 0 aliphatic carbocycles. The van der Waals surface area contributed by atoms with Gasteiger partial charge in [0, 0.05) is 12.3 Å². The van der Waals surface area contributed by atoms with Crippen LogP contribution in [-0.4, -0.2) is 16.2 Å². The van der Waals surface area contributed by atoms with E-state index < -0.39 is 17.6 Å². The minimum Gasteiger partial charge on any atom is -0.260 e. The van der Waals surface area contributed by atoms with Gasteiger partial charge in [-0.15, -0.1) is 0 Å². The van der Waals surface area contributed by atoms with Crippen LogP contribution in [0.4, 0.5) is 14.5 Å².